The third-order valence-corrected chi connectivity index (χ3v) is 3.46. The van der Waals surface area contributed by atoms with Crippen LogP contribution in [0.2, 0.25) is 0 Å². The van der Waals surface area contributed by atoms with Crippen LogP contribution >= 0.6 is 11.3 Å². The summed E-state index contributed by atoms with van der Waals surface area (Å²) in [6.45, 7) is 1.17. The molecule has 6 nitrogen and oxygen atoms in total. The van der Waals surface area contributed by atoms with Gasteiger partial charge in [0, 0.05) is 10.9 Å². The molecule has 0 bridgehead atoms. The van der Waals surface area contributed by atoms with Gasteiger partial charge in [-0.25, -0.2) is 4.79 Å². The number of nitrogens with zero attached hydrogens (tertiary/aromatic N) is 2. The summed E-state index contributed by atoms with van der Waals surface area (Å²) >= 11 is 1.05. The van der Waals surface area contributed by atoms with E-state index in [2.05, 4.69) is 19.9 Å². The summed E-state index contributed by atoms with van der Waals surface area (Å²) in [5, 5.41) is 8.95. The number of carbonyl (C=O) groups is 1. The molecule has 0 aromatic carbocycles. The van der Waals surface area contributed by atoms with Gasteiger partial charge in [-0.2, -0.15) is 13.2 Å². The predicted octanol–water partition coefficient (Wildman–Crippen LogP) is 1.77. The van der Waals surface area contributed by atoms with Crippen molar-refractivity contribution in [2.75, 3.05) is 0 Å². The number of H-pyrrole nitrogens is 1. The van der Waals surface area contributed by atoms with E-state index in [1.807, 2.05) is 0 Å². The monoisotopic (exact) mass is 306 g/mol. The highest BCUT2D eigenvalue weighted by atomic mass is 32.1. The van der Waals surface area contributed by atoms with Crippen LogP contribution in [0.3, 0.4) is 0 Å². The molecule has 0 fully saturated rings. The van der Waals surface area contributed by atoms with Gasteiger partial charge < -0.3 is 9.72 Å². The molecule has 108 valence electrons. The second kappa shape index (κ2) is 4.87. The van der Waals surface area contributed by atoms with Gasteiger partial charge in [0.05, 0.1) is 4.88 Å². The van der Waals surface area contributed by atoms with E-state index in [4.69, 9.17) is 5.73 Å². The molecule has 0 aliphatic carbocycles. The van der Waals surface area contributed by atoms with Crippen molar-refractivity contribution < 1.29 is 22.7 Å². The van der Waals surface area contributed by atoms with Gasteiger partial charge in [0.2, 0.25) is 0 Å². The second-order valence-electron chi connectivity index (χ2n) is 4.03. The first-order valence-corrected chi connectivity index (χ1v) is 6.12. The average molecular weight is 306 g/mol. The van der Waals surface area contributed by atoms with Gasteiger partial charge in [-0.05, 0) is 13.0 Å². The third kappa shape index (κ3) is 2.96. The number of alkyl halides is 3. The Morgan fingerprint density at radius 1 is 1.50 bits per heavy atom. The Bertz CT molecular complexity index is 606. The molecule has 20 heavy (non-hydrogen) atoms. The highest BCUT2D eigenvalue weighted by molar-refractivity contribution is 7.10. The molecule has 3 N–H and O–H groups in total. The molecule has 0 saturated carbocycles. The number of halogens is 3. The molecular formula is C10H9F3N4O2S. The van der Waals surface area contributed by atoms with Crippen LogP contribution in [0.5, 0.6) is 0 Å². The van der Waals surface area contributed by atoms with Crippen molar-refractivity contribution in [3.8, 4) is 11.4 Å². The SMILES string of the molecule is C[C@@](N)(OC(=O)C(F)(F)F)c1cc(-c2nnc[nH]2)cs1. The molecule has 0 radical (unpaired) electrons. The van der Waals surface area contributed by atoms with E-state index in [0.717, 1.165) is 11.3 Å². The number of esters is 1. The standard InChI is InChI=1S/C10H9F3N4O2S/c1-9(14,19-8(18)10(11,12)13)6-2-5(3-20-6)7-15-4-16-17-7/h2-4H,14H2,1H3,(H,15,16,17)/t9-/m1/s1. The lowest BCUT2D eigenvalue weighted by molar-refractivity contribution is -0.213. The Morgan fingerprint density at radius 3 is 2.75 bits per heavy atom. The van der Waals surface area contributed by atoms with E-state index in [9.17, 15) is 18.0 Å². The van der Waals surface area contributed by atoms with E-state index in [-0.39, 0.29) is 4.88 Å². The fraction of sp³-hybridized carbons (Fsp3) is 0.300. The molecule has 0 spiro atoms. The van der Waals surface area contributed by atoms with Gasteiger partial charge in [-0.15, -0.1) is 21.5 Å². The summed E-state index contributed by atoms with van der Waals surface area (Å²) in [5.74, 6) is -1.90. The minimum atomic E-state index is -5.09. The van der Waals surface area contributed by atoms with Gasteiger partial charge in [0.25, 0.3) is 0 Å². The molecule has 0 aliphatic rings. The quantitative estimate of drug-likeness (QED) is 0.666. The van der Waals surface area contributed by atoms with Crippen molar-refractivity contribution in [2.24, 2.45) is 5.73 Å². The van der Waals surface area contributed by atoms with Crippen LogP contribution in [0.15, 0.2) is 17.8 Å². The first kappa shape index (κ1) is 14.5. The van der Waals surface area contributed by atoms with Crippen molar-refractivity contribution in [3.63, 3.8) is 0 Å². The van der Waals surface area contributed by atoms with Crippen LogP contribution in [-0.4, -0.2) is 27.3 Å². The minimum Gasteiger partial charge on any atom is -0.433 e. The maximum absolute atomic E-state index is 12.2. The van der Waals surface area contributed by atoms with Gasteiger partial charge in [0.1, 0.15) is 6.33 Å². The minimum absolute atomic E-state index is 0.251. The summed E-state index contributed by atoms with van der Waals surface area (Å²) in [6.07, 6.45) is -3.73. The van der Waals surface area contributed by atoms with Gasteiger partial charge in [0.15, 0.2) is 11.5 Å². The maximum Gasteiger partial charge on any atom is 0.491 e. The molecule has 2 aromatic heterocycles. The van der Waals surface area contributed by atoms with Crippen LogP contribution in [0, 0.1) is 0 Å². The maximum atomic E-state index is 12.2. The Kier molecular flexibility index (Phi) is 3.52. The molecule has 1 atom stereocenters. The molecule has 0 saturated heterocycles. The topological polar surface area (TPSA) is 93.9 Å². The number of thiophene rings is 1. The zero-order valence-electron chi connectivity index (χ0n) is 10.1. The predicted molar refractivity (Wildman–Crippen MR) is 63.4 cm³/mol. The summed E-state index contributed by atoms with van der Waals surface area (Å²) in [5.41, 5.74) is 4.33. The fourth-order valence-corrected chi connectivity index (χ4v) is 2.27. The normalized spacial score (nSPS) is 14.8. The smallest absolute Gasteiger partial charge is 0.433 e. The number of hydrogen-bond donors (Lipinski definition) is 2. The summed E-state index contributed by atoms with van der Waals surface area (Å²) < 4.78 is 40.8. The lowest BCUT2D eigenvalue weighted by Crippen LogP contribution is -2.41. The number of carbonyl (C=O) groups excluding carboxylic acids is 1. The van der Waals surface area contributed by atoms with Crippen LogP contribution in [0.1, 0.15) is 11.8 Å². The van der Waals surface area contributed by atoms with Crippen molar-refractivity contribution in [3.05, 3.63) is 22.7 Å². The summed E-state index contributed by atoms with van der Waals surface area (Å²) in [4.78, 5) is 13.8. The van der Waals surface area contributed by atoms with Crippen LogP contribution < -0.4 is 5.73 Å². The van der Waals surface area contributed by atoms with E-state index >= 15 is 0 Å². The second-order valence-corrected chi connectivity index (χ2v) is 4.94. The number of ether oxygens (including phenoxy) is 1. The number of aromatic nitrogens is 3. The number of rotatable bonds is 3. The van der Waals surface area contributed by atoms with Crippen molar-refractivity contribution >= 4 is 17.3 Å². The molecule has 10 heteroatoms. The Morgan fingerprint density at radius 2 is 2.20 bits per heavy atom. The largest absolute Gasteiger partial charge is 0.491 e. The lowest BCUT2D eigenvalue weighted by Gasteiger charge is -2.23. The summed E-state index contributed by atoms with van der Waals surface area (Å²) in [6, 6.07) is 1.48. The van der Waals surface area contributed by atoms with Crippen molar-refractivity contribution in [2.45, 2.75) is 18.8 Å². The van der Waals surface area contributed by atoms with Crippen molar-refractivity contribution in [1.29, 1.82) is 0 Å². The first-order chi connectivity index (χ1) is 9.20. The zero-order valence-corrected chi connectivity index (χ0v) is 10.9. The number of hydrogen-bond acceptors (Lipinski definition) is 6. The van der Waals surface area contributed by atoms with E-state index < -0.39 is 17.9 Å². The molecular weight excluding hydrogens is 297 g/mol. The van der Waals surface area contributed by atoms with Gasteiger partial charge in [-0.3, -0.25) is 5.73 Å². The highest BCUT2D eigenvalue weighted by Crippen LogP contribution is 2.32. The molecule has 2 rings (SSSR count). The molecule has 2 heterocycles. The third-order valence-electron chi connectivity index (χ3n) is 2.32. The Labute approximate surface area is 114 Å². The van der Waals surface area contributed by atoms with Crippen molar-refractivity contribution in [1.82, 2.24) is 15.2 Å². The number of aromatic amines is 1. The van der Waals surface area contributed by atoms with Gasteiger partial charge >= 0.3 is 12.1 Å². The molecule has 2 aromatic rings. The van der Waals surface area contributed by atoms with Gasteiger partial charge in [-0.1, -0.05) is 0 Å². The lowest BCUT2D eigenvalue weighted by atomic mass is 10.2. The molecule has 0 unspecified atom stereocenters. The van der Waals surface area contributed by atoms with Crippen LogP contribution in [0.25, 0.3) is 11.4 Å². The van der Waals surface area contributed by atoms with E-state index in [1.165, 1.54) is 19.3 Å². The molecule has 0 amide bonds. The Hall–Kier alpha value is -1.94. The number of nitrogens with one attached hydrogen (secondary N) is 1. The first-order valence-electron chi connectivity index (χ1n) is 5.24. The van der Waals surface area contributed by atoms with Crippen LogP contribution in [-0.2, 0) is 15.3 Å². The molecule has 0 aliphatic heterocycles. The van der Waals surface area contributed by atoms with Crippen LogP contribution in [0.4, 0.5) is 13.2 Å². The Balaban J connectivity index is 2.20. The zero-order chi connectivity index (χ0) is 15.0. The van der Waals surface area contributed by atoms with E-state index in [0.29, 0.717) is 11.4 Å². The highest BCUT2D eigenvalue weighted by Gasteiger charge is 2.45. The average Bonchev–Trinajstić information content (AvgIpc) is 2.98. The fourth-order valence-electron chi connectivity index (χ4n) is 1.37. The summed E-state index contributed by atoms with van der Waals surface area (Å²) in [7, 11) is 0. The van der Waals surface area contributed by atoms with E-state index in [1.54, 1.807) is 5.38 Å². The number of nitrogens with two attached hydrogens (primary N) is 1.